The van der Waals surface area contributed by atoms with Gasteiger partial charge in [-0.2, -0.15) is 0 Å². The maximum absolute atomic E-state index is 5.63. The molecule has 0 radical (unpaired) electrons. The Kier molecular flexibility index (Phi) is 3.65. The summed E-state index contributed by atoms with van der Waals surface area (Å²) in [4.78, 5) is 6.18. The zero-order valence-electron chi connectivity index (χ0n) is 8.83. The molecule has 0 aromatic carbocycles. The highest BCUT2D eigenvalue weighted by Crippen LogP contribution is 2.17. The first-order chi connectivity index (χ1) is 6.65. The van der Waals surface area contributed by atoms with E-state index in [4.69, 9.17) is 5.73 Å². The second kappa shape index (κ2) is 4.77. The molecule has 0 spiro atoms. The summed E-state index contributed by atoms with van der Waals surface area (Å²) in [6, 6.07) is 1.98. The van der Waals surface area contributed by atoms with Crippen LogP contribution >= 0.6 is 0 Å². The van der Waals surface area contributed by atoms with Crippen molar-refractivity contribution in [2.75, 3.05) is 18.5 Å². The molecule has 0 atom stereocenters. The third kappa shape index (κ3) is 2.57. The molecular weight excluding hydrogens is 174 g/mol. The number of nitrogens with two attached hydrogens (primary N) is 1. The van der Waals surface area contributed by atoms with Gasteiger partial charge in [0.2, 0.25) is 0 Å². The third-order valence-corrected chi connectivity index (χ3v) is 2.02. The van der Waals surface area contributed by atoms with Crippen LogP contribution < -0.4 is 10.6 Å². The lowest BCUT2D eigenvalue weighted by atomic mass is 10.2. The van der Waals surface area contributed by atoms with E-state index in [9.17, 15) is 0 Å². The van der Waals surface area contributed by atoms with Crippen molar-refractivity contribution < 1.29 is 0 Å². The van der Waals surface area contributed by atoms with Crippen molar-refractivity contribution in [1.29, 1.82) is 0 Å². The minimum atomic E-state index is 0.518. The van der Waals surface area contributed by atoms with Crippen LogP contribution in [-0.2, 0) is 6.54 Å². The van der Waals surface area contributed by atoms with Gasteiger partial charge in [0.15, 0.2) is 0 Å². The lowest BCUT2D eigenvalue weighted by Crippen LogP contribution is -2.21. The summed E-state index contributed by atoms with van der Waals surface area (Å²) >= 11 is 0. The summed E-state index contributed by atoms with van der Waals surface area (Å²) in [6.07, 6.45) is 3.59. The van der Waals surface area contributed by atoms with E-state index < -0.39 is 0 Å². The first kappa shape index (κ1) is 10.7. The number of nitrogens with zero attached hydrogens (tertiary/aromatic N) is 2. The Morgan fingerprint density at radius 1 is 1.64 bits per heavy atom. The summed E-state index contributed by atoms with van der Waals surface area (Å²) in [5.41, 5.74) is 8.96. The molecule has 0 fully saturated rings. The molecule has 0 aliphatic carbocycles. The minimum absolute atomic E-state index is 0.518. The Hall–Kier alpha value is -1.35. The molecule has 1 aromatic rings. The highest BCUT2D eigenvalue weighted by molar-refractivity contribution is 5.52. The van der Waals surface area contributed by atoms with Crippen molar-refractivity contribution in [1.82, 2.24) is 4.98 Å². The fraction of sp³-hybridized carbons (Fsp3) is 0.364. The highest BCUT2D eigenvalue weighted by Gasteiger charge is 2.05. The summed E-state index contributed by atoms with van der Waals surface area (Å²) in [7, 11) is 2.03. The summed E-state index contributed by atoms with van der Waals surface area (Å²) in [6.45, 7) is 7.26. The lowest BCUT2D eigenvalue weighted by molar-refractivity contribution is 0.946. The van der Waals surface area contributed by atoms with Crippen LogP contribution in [0.5, 0.6) is 0 Å². The van der Waals surface area contributed by atoms with Crippen molar-refractivity contribution in [3.05, 3.63) is 36.2 Å². The molecule has 0 aliphatic heterocycles. The molecule has 0 aliphatic rings. The van der Waals surface area contributed by atoms with Crippen LogP contribution in [0.3, 0.4) is 0 Å². The van der Waals surface area contributed by atoms with E-state index in [2.05, 4.69) is 16.5 Å². The Morgan fingerprint density at radius 2 is 2.36 bits per heavy atom. The molecule has 0 saturated heterocycles. The lowest BCUT2D eigenvalue weighted by Gasteiger charge is -2.21. The second-order valence-corrected chi connectivity index (χ2v) is 3.52. The van der Waals surface area contributed by atoms with Gasteiger partial charge in [0, 0.05) is 43.8 Å². The molecule has 76 valence electrons. The summed E-state index contributed by atoms with van der Waals surface area (Å²) < 4.78 is 0. The van der Waals surface area contributed by atoms with Crippen LogP contribution in [-0.4, -0.2) is 18.6 Å². The van der Waals surface area contributed by atoms with Gasteiger partial charge in [-0.05, 0) is 13.0 Å². The van der Waals surface area contributed by atoms with Crippen LogP contribution in [0.4, 0.5) is 5.69 Å². The van der Waals surface area contributed by atoms with Crippen molar-refractivity contribution in [3.8, 4) is 0 Å². The van der Waals surface area contributed by atoms with Gasteiger partial charge in [-0.1, -0.05) is 12.2 Å². The van der Waals surface area contributed by atoms with E-state index in [0.29, 0.717) is 6.54 Å². The van der Waals surface area contributed by atoms with Crippen LogP contribution in [0.2, 0.25) is 0 Å². The van der Waals surface area contributed by atoms with Crippen molar-refractivity contribution in [2.45, 2.75) is 13.5 Å². The molecule has 3 heteroatoms. The molecule has 0 saturated carbocycles. The molecule has 0 bridgehead atoms. The number of pyridine rings is 1. The SMILES string of the molecule is C=C(C)CN(C)c1ccncc1CN. The topological polar surface area (TPSA) is 42.2 Å². The van der Waals surface area contributed by atoms with Gasteiger partial charge in [0.25, 0.3) is 0 Å². The first-order valence-electron chi connectivity index (χ1n) is 4.63. The van der Waals surface area contributed by atoms with Gasteiger partial charge >= 0.3 is 0 Å². The molecule has 0 amide bonds. The molecular formula is C11H17N3. The second-order valence-electron chi connectivity index (χ2n) is 3.52. The fourth-order valence-electron chi connectivity index (χ4n) is 1.44. The molecule has 1 aromatic heterocycles. The number of likely N-dealkylation sites (N-methyl/N-ethyl adjacent to an activating group) is 1. The van der Waals surface area contributed by atoms with E-state index in [1.807, 2.05) is 26.2 Å². The van der Waals surface area contributed by atoms with Crippen LogP contribution in [0, 0.1) is 0 Å². The molecule has 1 rings (SSSR count). The van der Waals surface area contributed by atoms with E-state index in [0.717, 1.165) is 23.4 Å². The van der Waals surface area contributed by atoms with Gasteiger partial charge in [-0.25, -0.2) is 0 Å². The molecule has 2 N–H and O–H groups in total. The molecule has 0 unspecified atom stereocenters. The van der Waals surface area contributed by atoms with E-state index in [1.165, 1.54) is 0 Å². The van der Waals surface area contributed by atoms with Crippen molar-refractivity contribution in [2.24, 2.45) is 5.73 Å². The van der Waals surface area contributed by atoms with E-state index in [1.54, 1.807) is 6.20 Å². The quantitative estimate of drug-likeness (QED) is 0.734. The molecule has 14 heavy (non-hydrogen) atoms. The van der Waals surface area contributed by atoms with Gasteiger partial charge in [-0.3, -0.25) is 4.98 Å². The van der Waals surface area contributed by atoms with Crippen LogP contribution in [0.1, 0.15) is 12.5 Å². The molecule has 3 nitrogen and oxygen atoms in total. The summed E-state index contributed by atoms with van der Waals surface area (Å²) in [5.74, 6) is 0. The maximum atomic E-state index is 5.63. The minimum Gasteiger partial charge on any atom is -0.370 e. The Bertz CT molecular complexity index is 320. The average molecular weight is 191 g/mol. The van der Waals surface area contributed by atoms with Gasteiger partial charge in [-0.15, -0.1) is 0 Å². The zero-order chi connectivity index (χ0) is 10.6. The van der Waals surface area contributed by atoms with E-state index >= 15 is 0 Å². The third-order valence-electron chi connectivity index (χ3n) is 2.02. The number of hydrogen-bond donors (Lipinski definition) is 1. The standard InChI is InChI=1S/C11H17N3/c1-9(2)8-14(3)11-4-5-13-7-10(11)6-12/h4-5,7H,1,6,8,12H2,2-3H3. The van der Waals surface area contributed by atoms with Gasteiger partial charge in [0.1, 0.15) is 0 Å². The van der Waals surface area contributed by atoms with Crippen molar-refractivity contribution >= 4 is 5.69 Å². The average Bonchev–Trinajstić information content (AvgIpc) is 2.16. The van der Waals surface area contributed by atoms with Crippen molar-refractivity contribution in [3.63, 3.8) is 0 Å². The maximum Gasteiger partial charge on any atom is 0.0443 e. The Morgan fingerprint density at radius 3 is 2.93 bits per heavy atom. The first-order valence-corrected chi connectivity index (χ1v) is 4.63. The van der Waals surface area contributed by atoms with Crippen LogP contribution in [0.15, 0.2) is 30.6 Å². The Balaban J connectivity index is 2.87. The molecule has 1 heterocycles. The Labute approximate surface area is 85.3 Å². The number of hydrogen-bond acceptors (Lipinski definition) is 3. The van der Waals surface area contributed by atoms with Crippen LogP contribution in [0.25, 0.3) is 0 Å². The largest absolute Gasteiger partial charge is 0.370 e. The normalized spacial score (nSPS) is 9.93. The van der Waals surface area contributed by atoms with E-state index in [-0.39, 0.29) is 0 Å². The monoisotopic (exact) mass is 191 g/mol. The zero-order valence-corrected chi connectivity index (χ0v) is 8.83. The summed E-state index contributed by atoms with van der Waals surface area (Å²) in [5, 5.41) is 0. The highest BCUT2D eigenvalue weighted by atomic mass is 15.1. The number of anilines is 1. The number of aromatic nitrogens is 1. The fourth-order valence-corrected chi connectivity index (χ4v) is 1.44. The number of rotatable bonds is 4. The predicted octanol–water partition coefficient (Wildman–Crippen LogP) is 1.55. The van der Waals surface area contributed by atoms with Gasteiger partial charge < -0.3 is 10.6 Å². The smallest absolute Gasteiger partial charge is 0.0443 e. The predicted molar refractivity (Wildman–Crippen MR) is 60.2 cm³/mol. The van der Waals surface area contributed by atoms with Gasteiger partial charge in [0.05, 0.1) is 0 Å².